The highest BCUT2D eigenvalue weighted by molar-refractivity contribution is 6.20. The fraction of sp³-hybridized carbons (Fsp3) is 1.00. The van der Waals surface area contributed by atoms with Crippen LogP contribution in [0, 0.1) is 17.8 Å². The predicted octanol–water partition coefficient (Wildman–Crippen LogP) is 2.92. The van der Waals surface area contributed by atoms with E-state index in [0.29, 0.717) is 17.2 Å². The van der Waals surface area contributed by atoms with E-state index in [-0.39, 0.29) is 0 Å². The molecule has 0 aromatic rings. The Hall–Kier alpha value is 0.250. The molecule has 0 aromatic heterocycles. The second-order valence-corrected chi connectivity index (χ2v) is 4.61. The maximum atomic E-state index is 6.16. The first kappa shape index (κ1) is 10.3. The van der Waals surface area contributed by atoms with Gasteiger partial charge in [0.25, 0.3) is 0 Å². The molecule has 1 fully saturated rings. The Morgan fingerprint density at radius 1 is 1.50 bits per heavy atom. The zero-order chi connectivity index (χ0) is 9.14. The molecule has 0 radical (unpaired) electrons. The Kier molecular flexibility index (Phi) is 3.85. The quantitative estimate of drug-likeness (QED) is 0.622. The van der Waals surface area contributed by atoms with Crippen LogP contribution in [0.25, 0.3) is 0 Å². The van der Waals surface area contributed by atoms with Crippen molar-refractivity contribution in [2.24, 2.45) is 17.8 Å². The van der Waals surface area contributed by atoms with Crippen molar-refractivity contribution in [3.8, 4) is 0 Å². The minimum atomic E-state index is 0.398. The normalized spacial score (nSPS) is 38.5. The first-order valence-corrected chi connectivity index (χ1v) is 5.23. The van der Waals surface area contributed by atoms with Crippen LogP contribution in [0.2, 0.25) is 0 Å². The third-order valence-corrected chi connectivity index (χ3v) is 3.80. The third-order valence-electron chi connectivity index (χ3n) is 3.18. The van der Waals surface area contributed by atoms with Crippen molar-refractivity contribution < 1.29 is 4.74 Å². The van der Waals surface area contributed by atoms with E-state index in [1.807, 2.05) is 0 Å². The summed E-state index contributed by atoms with van der Waals surface area (Å²) in [6.07, 6.45) is 2.46. The summed E-state index contributed by atoms with van der Waals surface area (Å²) >= 11 is 6.16. The van der Waals surface area contributed by atoms with Crippen molar-refractivity contribution >= 4 is 11.6 Å². The largest absolute Gasteiger partial charge is 0.384 e. The summed E-state index contributed by atoms with van der Waals surface area (Å²) in [6, 6.07) is 0. The Bertz CT molecular complexity index is 138. The molecule has 1 aliphatic rings. The first-order chi connectivity index (χ1) is 5.66. The van der Waals surface area contributed by atoms with E-state index in [2.05, 4.69) is 13.8 Å². The highest BCUT2D eigenvalue weighted by atomic mass is 35.5. The monoisotopic (exact) mass is 190 g/mol. The zero-order valence-corrected chi connectivity index (χ0v) is 8.97. The van der Waals surface area contributed by atoms with Crippen LogP contribution in [0.3, 0.4) is 0 Å². The van der Waals surface area contributed by atoms with Gasteiger partial charge < -0.3 is 4.74 Å². The van der Waals surface area contributed by atoms with Gasteiger partial charge in [0.1, 0.15) is 0 Å². The van der Waals surface area contributed by atoms with Crippen LogP contribution in [-0.4, -0.2) is 19.1 Å². The molecule has 1 nitrogen and oxygen atoms in total. The lowest BCUT2D eigenvalue weighted by Gasteiger charge is -2.23. The number of methoxy groups -OCH3 is 1. The molecule has 0 bridgehead atoms. The summed E-state index contributed by atoms with van der Waals surface area (Å²) in [4.78, 5) is 0. The highest BCUT2D eigenvalue weighted by Gasteiger charge is 2.34. The van der Waals surface area contributed by atoms with E-state index in [9.17, 15) is 0 Å². The molecule has 0 spiro atoms. The minimum absolute atomic E-state index is 0.398. The molecule has 0 aromatic carbocycles. The maximum Gasteiger partial charge on any atom is 0.0490 e. The Morgan fingerprint density at radius 3 is 2.58 bits per heavy atom. The van der Waals surface area contributed by atoms with Gasteiger partial charge in [-0.1, -0.05) is 13.8 Å². The summed E-state index contributed by atoms with van der Waals surface area (Å²) < 4.78 is 5.16. The molecule has 1 saturated carbocycles. The van der Waals surface area contributed by atoms with Gasteiger partial charge in [0.2, 0.25) is 0 Å². The van der Waals surface area contributed by atoms with Crippen molar-refractivity contribution in [3.63, 3.8) is 0 Å². The maximum absolute atomic E-state index is 6.16. The van der Waals surface area contributed by atoms with Gasteiger partial charge in [0.05, 0.1) is 0 Å². The van der Waals surface area contributed by atoms with Gasteiger partial charge in [-0.2, -0.15) is 0 Å². The van der Waals surface area contributed by atoms with Crippen LogP contribution in [0.5, 0.6) is 0 Å². The van der Waals surface area contributed by atoms with Crippen LogP contribution >= 0.6 is 11.6 Å². The van der Waals surface area contributed by atoms with Gasteiger partial charge in [0.15, 0.2) is 0 Å². The molecule has 0 saturated heterocycles. The lowest BCUT2D eigenvalue weighted by atomic mass is 9.86. The fourth-order valence-corrected chi connectivity index (χ4v) is 2.65. The molecule has 12 heavy (non-hydrogen) atoms. The SMILES string of the molecule is COCC(C)C1CCC(Cl)C1C. The van der Waals surface area contributed by atoms with Crippen molar-refractivity contribution in [1.29, 1.82) is 0 Å². The van der Waals surface area contributed by atoms with Gasteiger partial charge in [-0.05, 0) is 30.6 Å². The molecule has 4 unspecified atom stereocenters. The van der Waals surface area contributed by atoms with E-state index in [0.717, 1.165) is 12.5 Å². The number of alkyl halides is 1. The molecule has 1 aliphatic carbocycles. The molecular weight excluding hydrogens is 172 g/mol. The van der Waals surface area contributed by atoms with Gasteiger partial charge in [0, 0.05) is 19.1 Å². The summed E-state index contributed by atoms with van der Waals surface area (Å²) in [5.74, 6) is 2.10. The molecule has 4 atom stereocenters. The van der Waals surface area contributed by atoms with Crippen molar-refractivity contribution in [2.75, 3.05) is 13.7 Å². The zero-order valence-electron chi connectivity index (χ0n) is 8.22. The number of halogens is 1. The standard InChI is InChI=1S/C10H19ClO/c1-7(6-12-3)9-4-5-10(11)8(9)2/h7-10H,4-6H2,1-3H3. The van der Waals surface area contributed by atoms with Gasteiger partial charge in [-0.25, -0.2) is 0 Å². The van der Waals surface area contributed by atoms with Crippen LogP contribution in [0.15, 0.2) is 0 Å². The third kappa shape index (κ3) is 2.14. The molecule has 0 amide bonds. The van der Waals surface area contributed by atoms with Crippen LogP contribution in [-0.2, 0) is 4.74 Å². The second-order valence-electron chi connectivity index (χ2n) is 4.05. The Labute approximate surface area is 80.4 Å². The van der Waals surface area contributed by atoms with Crippen LogP contribution in [0.1, 0.15) is 26.7 Å². The van der Waals surface area contributed by atoms with E-state index in [1.165, 1.54) is 12.8 Å². The molecular formula is C10H19ClO. The fourth-order valence-electron chi connectivity index (χ4n) is 2.33. The average Bonchev–Trinajstić information content (AvgIpc) is 2.34. The van der Waals surface area contributed by atoms with Gasteiger partial charge >= 0.3 is 0 Å². The Morgan fingerprint density at radius 2 is 2.17 bits per heavy atom. The van der Waals surface area contributed by atoms with Gasteiger partial charge in [-0.15, -0.1) is 11.6 Å². The molecule has 0 aliphatic heterocycles. The summed E-state index contributed by atoms with van der Waals surface area (Å²) in [5, 5.41) is 0.398. The second kappa shape index (κ2) is 4.48. The molecule has 1 rings (SSSR count). The lowest BCUT2D eigenvalue weighted by molar-refractivity contribution is 0.118. The van der Waals surface area contributed by atoms with E-state index < -0.39 is 0 Å². The van der Waals surface area contributed by atoms with Crippen molar-refractivity contribution in [1.82, 2.24) is 0 Å². The van der Waals surface area contributed by atoms with E-state index >= 15 is 0 Å². The Balaban J connectivity index is 2.41. The number of hydrogen-bond donors (Lipinski definition) is 0. The smallest absolute Gasteiger partial charge is 0.0490 e. The number of ether oxygens (including phenoxy) is 1. The van der Waals surface area contributed by atoms with E-state index in [4.69, 9.17) is 16.3 Å². The predicted molar refractivity (Wildman–Crippen MR) is 52.6 cm³/mol. The van der Waals surface area contributed by atoms with Gasteiger partial charge in [-0.3, -0.25) is 0 Å². The average molecular weight is 191 g/mol. The molecule has 0 heterocycles. The summed E-state index contributed by atoms with van der Waals surface area (Å²) in [6.45, 7) is 5.40. The van der Waals surface area contributed by atoms with Crippen LogP contribution in [0.4, 0.5) is 0 Å². The highest BCUT2D eigenvalue weighted by Crippen LogP contribution is 2.39. The van der Waals surface area contributed by atoms with Crippen molar-refractivity contribution in [2.45, 2.75) is 32.1 Å². The molecule has 2 heteroatoms. The molecule has 72 valence electrons. The number of rotatable bonds is 3. The molecule has 0 N–H and O–H groups in total. The van der Waals surface area contributed by atoms with E-state index in [1.54, 1.807) is 7.11 Å². The summed E-state index contributed by atoms with van der Waals surface area (Å²) in [5.41, 5.74) is 0. The number of hydrogen-bond acceptors (Lipinski definition) is 1. The lowest BCUT2D eigenvalue weighted by Crippen LogP contribution is -2.21. The van der Waals surface area contributed by atoms with Crippen LogP contribution < -0.4 is 0 Å². The summed E-state index contributed by atoms with van der Waals surface area (Å²) in [7, 11) is 1.77. The first-order valence-electron chi connectivity index (χ1n) is 4.79. The van der Waals surface area contributed by atoms with Crippen molar-refractivity contribution in [3.05, 3.63) is 0 Å². The minimum Gasteiger partial charge on any atom is -0.384 e. The topological polar surface area (TPSA) is 9.23 Å².